The highest BCUT2D eigenvalue weighted by molar-refractivity contribution is 7.92. The van der Waals surface area contributed by atoms with Gasteiger partial charge in [0.15, 0.2) is 0 Å². The van der Waals surface area contributed by atoms with Crippen molar-refractivity contribution in [3.63, 3.8) is 0 Å². The monoisotopic (exact) mass is 604 g/mol. The molecule has 0 radical (unpaired) electrons. The Kier molecular flexibility index (Phi) is 14.4. The predicted molar refractivity (Wildman–Crippen MR) is 182 cm³/mol. The lowest BCUT2D eigenvalue weighted by Crippen LogP contribution is -2.34. The summed E-state index contributed by atoms with van der Waals surface area (Å²) >= 11 is 0. The van der Waals surface area contributed by atoms with E-state index in [1.807, 2.05) is 18.2 Å². The number of carbonyl (C=O) groups is 1. The second kappa shape index (κ2) is 18.0. The molecule has 2 aromatic carbocycles. The first-order chi connectivity index (χ1) is 20.7. The molecule has 1 aliphatic heterocycles. The minimum absolute atomic E-state index is 0.116. The Hall–Kier alpha value is -2.96. The van der Waals surface area contributed by atoms with Crippen LogP contribution in [0.3, 0.4) is 0 Å². The van der Waals surface area contributed by atoms with Crippen LogP contribution in [0.5, 0.6) is 0 Å². The van der Waals surface area contributed by atoms with Crippen LogP contribution in [0.15, 0.2) is 65.2 Å². The highest BCUT2D eigenvalue weighted by Gasteiger charge is 2.21. The van der Waals surface area contributed by atoms with Gasteiger partial charge in [0.1, 0.15) is 0 Å². The number of allylic oxidation sites excluding steroid dienone is 3. The molecule has 6 heteroatoms. The highest BCUT2D eigenvalue weighted by atomic mass is 32.2. The van der Waals surface area contributed by atoms with Gasteiger partial charge in [-0.25, -0.2) is 8.42 Å². The van der Waals surface area contributed by atoms with Crippen LogP contribution in [0, 0.1) is 13.8 Å². The van der Waals surface area contributed by atoms with Gasteiger partial charge in [-0.2, -0.15) is 4.31 Å². The molecule has 1 amide bonds. The summed E-state index contributed by atoms with van der Waals surface area (Å²) in [6, 6.07) is 14.7. The van der Waals surface area contributed by atoms with Crippen LogP contribution in [0.1, 0.15) is 112 Å². The van der Waals surface area contributed by atoms with E-state index in [-0.39, 0.29) is 18.9 Å². The van der Waals surface area contributed by atoms with Gasteiger partial charge in [0.25, 0.3) is 0 Å². The largest absolute Gasteiger partial charge is 0.330 e. The number of sulfonamides is 1. The van der Waals surface area contributed by atoms with E-state index in [1.165, 1.54) is 45.7 Å². The first kappa shape index (κ1) is 34.5. The molecule has 3 rings (SSSR count). The SMILES string of the molecule is CCCCCc1cc(C)c(/C=C/S(=O)(=O)N2CCCC/C(C)=C(/CCCC/C=C/c3ccccc3)NC(=O)CC2)c(C)c1. The summed E-state index contributed by atoms with van der Waals surface area (Å²) < 4.78 is 28.3. The Bertz CT molecular complexity index is 1350. The molecule has 1 N–H and O–H groups in total. The van der Waals surface area contributed by atoms with Crippen molar-refractivity contribution in [3.05, 3.63) is 93.0 Å². The first-order valence-electron chi connectivity index (χ1n) is 16.2. The van der Waals surface area contributed by atoms with Gasteiger partial charge in [0, 0.05) is 30.6 Å². The van der Waals surface area contributed by atoms with E-state index in [1.54, 1.807) is 6.08 Å². The minimum atomic E-state index is -3.66. The lowest BCUT2D eigenvalue weighted by atomic mass is 9.97. The maximum atomic E-state index is 13.4. The molecule has 0 aliphatic carbocycles. The number of hydrogen-bond donors (Lipinski definition) is 1. The third-order valence-corrected chi connectivity index (χ3v) is 9.81. The van der Waals surface area contributed by atoms with Crippen molar-refractivity contribution < 1.29 is 13.2 Å². The number of unbranched alkanes of at least 4 members (excludes halogenated alkanes) is 4. The fourth-order valence-corrected chi connectivity index (χ4v) is 6.88. The normalized spacial score (nSPS) is 17.8. The van der Waals surface area contributed by atoms with Crippen molar-refractivity contribution in [2.45, 2.75) is 105 Å². The van der Waals surface area contributed by atoms with Crippen LogP contribution in [0.4, 0.5) is 0 Å². The number of amides is 1. The van der Waals surface area contributed by atoms with Gasteiger partial charge in [-0.05, 0) is 112 Å². The van der Waals surface area contributed by atoms with Gasteiger partial charge in [-0.15, -0.1) is 0 Å². The van der Waals surface area contributed by atoms with Crippen molar-refractivity contribution in [1.82, 2.24) is 9.62 Å². The third-order valence-electron chi connectivity index (χ3n) is 8.25. The van der Waals surface area contributed by atoms with Gasteiger partial charge in [-0.3, -0.25) is 4.79 Å². The molecule has 0 unspecified atom stereocenters. The lowest BCUT2D eigenvalue weighted by molar-refractivity contribution is -0.120. The lowest BCUT2D eigenvalue weighted by Gasteiger charge is -2.20. The molecule has 0 aromatic heterocycles. The molecule has 1 aliphatic rings. The maximum absolute atomic E-state index is 13.4. The Labute approximate surface area is 261 Å². The van der Waals surface area contributed by atoms with Crippen molar-refractivity contribution >= 4 is 28.1 Å². The van der Waals surface area contributed by atoms with Crippen molar-refractivity contribution in [3.8, 4) is 0 Å². The average molecular weight is 605 g/mol. The minimum Gasteiger partial charge on any atom is -0.330 e. The Morgan fingerprint density at radius 1 is 0.860 bits per heavy atom. The highest BCUT2D eigenvalue weighted by Crippen LogP contribution is 2.22. The number of nitrogens with one attached hydrogen (secondary N) is 1. The van der Waals surface area contributed by atoms with Crippen molar-refractivity contribution in [2.75, 3.05) is 13.1 Å². The molecule has 43 heavy (non-hydrogen) atoms. The van der Waals surface area contributed by atoms with Crippen LogP contribution >= 0.6 is 0 Å². The smallest absolute Gasteiger partial charge is 0.236 e. The number of hydrogen-bond acceptors (Lipinski definition) is 3. The molecular formula is C37H52N2O3S. The number of rotatable bonds is 13. The molecule has 0 atom stereocenters. The summed E-state index contributed by atoms with van der Waals surface area (Å²) in [4.78, 5) is 12.9. The summed E-state index contributed by atoms with van der Waals surface area (Å²) in [6.45, 7) is 9.01. The van der Waals surface area contributed by atoms with E-state index in [2.05, 4.69) is 69.4 Å². The molecular weight excluding hydrogens is 552 g/mol. The summed E-state index contributed by atoms with van der Waals surface area (Å²) in [5, 5.41) is 4.46. The number of nitrogens with zero attached hydrogens (tertiary/aromatic N) is 1. The zero-order valence-corrected chi connectivity index (χ0v) is 27.6. The summed E-state index contributed by atoms with van der Waals surface area (Å²) in [5.41, 5.74) is 7.88. The molecule has 234 valence electrons. The van der Waals surface area contributed by atoms with E-state index >= 15 is 0 Å². The van der Waals surface area contributed by atoms with Gasteiger partial charge < -0.3 is 5.32 Å². The predicted octanol–water partition coefficient (Wildman–Crippen LogP) is 8.88. The Morgan fingerprint density at radius 3 is 2.30 bits per heavy atom. The number of carbonyl (C=O) groups excluding carboxylic acids is 1. The van der Waals surface area contributed by atoms with E-state index in [0.717, 1.165) is 73.8 Å². The number of aryl methyl sites for hydroxylation is 3. The van der Waals surface area contributed by atoms with E-state index < -0.39 is 10.0 Å². The standard InChI is InChI=1S/C37H52N2O3S/c1-5-6-10-21-34-28-31(3)35(32(4)29-34)24-27-43(41,42)39-25-16-15-17-30(2)36(38-37(40)23-26-39)22-14-8-7-11-18-33-19-12-9-13-20-33/h9,11-13,18-20,24,27-29H,5-8,10,14-17,21-23,25-26H2,1-4H3,(H,38,40)/b18-11+,27-24+,36-30-. The van der Waals surface area contributed by atoms with Crippen LogP contribution in [0.2, 0.25) is 0 Å². The summed E-state index contributed by atoms with van der Waals surface area (Å²) in [5.74, 6) is -0.116. The van der Waals surface area contributed by atoms with Crippen LogP contribution in [0.25, 0.3) is 12.2 Å². The fourth-order valence-electron chi connectivity index (χ4n) is 5.67. The quantitative estimate of drug-likeness (QED) is 0.232. The van der Waals surface area contributed by atoms with Crippen LogP contribution in [-0.2, 0) is 21.2 Å². The maximum Gasteiger partial charge on any atom is 0.236 e. The Balaban J connectivity index is 1.57. The summed E-state index contributed by atoms with van der Waals surface area (Å²) in [6.07, 6.45) is 17.3. The molecule has 0 saturated heterocycles. The summed E-state index contributed by atoms with van der Waals surface area (Å²) in [7, 11) is -3.66. The molecule has 2 aromatic rings. The average Bonchev–Trinajstić information content (AvgIpc) is 3.00. The fraction of sp³-hybridized carbons (Fsp3) is 0.486. The van der Waals surface area contributed by atoms with Crippen molar-refractivity contribution in [2.24, 2.45) is 0 Å². The van der Waals surface area contributed by atoms with E-state index in [9.17, 15) is 13.2 Å². The van der Waals surface area contributed by atoms with Crippen LogP contribution < -0.4 is 5.32 Å². The number of benzene rings is 2. The molecule has 0 spiro atoms. The first-order valence-corrected chi connectivity index (χ1v) is 17.7. The van der Waals surface area contributed by atoms with E-state index in [0.29, 0.717) is 6.54 Å². The van der Waals surface area contributed by atoms with Crippen LogP contribution in [-0.4, -0.2) is 31.7 Å². The second-order valence-corrected chi connectivity index (χ2v) is 13.7. The topological polar surface area (TPSA) is 66.5 Å². The third kappa shape index (κ3) is 11.9. The zero-order valence-electron chi connectivity index (χ0n) is 26.8. The van der Waals surface area contributed by atoms with Crippen molar-refractivity contribution in [1.29, 1.82) is 0 Å². The molecule has 5 nitrogen and oxygen atoms in total. The van der Waals surface area contributed by atoms with Gasteiger partial charge in [0.05, 0.1) is 0 Å². The van der Waals surface area contributed by atoms with Gasteiger partial charge in [0.2, 0.25) is 15.9 Å². The van der Waals surface area contributed by atoms with E-state index in [4.69, 9.17) is 0 Å². The Morgan fingerprint density at radius 2 is 1.58 bits per heavy atom. The molecule has 0 bridgehead atoms. The molecule has 0 fully saturated rings. The molecule has 1 heterocycles. The zero-order chi connectivity index (χ0) is 31.1. The second-order valence-electron chi connectivity index (χ2n) is 11.9. The van der Waals surface area contributed by atoms with Gasteiger partial charge in [-0.1, -0.05) is 80.0 Å². The van der Waals surface area contributed by atoms with Gasteiger partial charge >= 0.3 is 0 Å². The molecule has 0 saturated carbocycles.